The van der Waals surface area contributed by atoms with Crippen molar-refractivity contribution in [1.29, 1.82) is 0 Å². The zero-order valence-electron chi connectivity index (χ0n) is 11.8. The summed E-state index contributed by atoms with van der Waals surface area (Å²) >= 11 is 0. The van der Waals surface area contributed by atoms with Crippen LogP contribution in [0.4, 0.5) is 24.5 Å². The van der Waals surface area contributed by atoms with E-state index in [4.69, 9.17) is 4.74 Å². The van der Waals surface area contributed by atoms with Crippen LogP contribution in [0.3, 0.4) is 0 Å². The molecule has 7 heteroatoms. The number of halogens is 3. The Labute approximate surface area is 120 Å². The number of carbonyl (C=O) groups is 1. The molecule has 4 nitrogen and oxygen atoms in total. The van der Waals surface area contributed by atoms with Gasteiger partial charge >= 0.3 is 6.18 Å². The Morgan fingerprint density at radius 2 is 2.10 bits per heavy atom. The number of amides is 1. The molecule has 0 aliphatic carbocycles. The van der Waals surface area contributed by atoms with Crippen molar-refractivity contribution in [3.63, 3.8) is 0 Å². The Kier molecular flexibility index (Phi) is 4.41. The summed E-state index contributed by atoms with van der Waals surface area (Å²) in [5, 5.41) is 2.37. The molecular formula is C14H17F3N2O2. The minimum Gasteiger partial charge on any atom is -0.381 e. The maximum Gasteiger partial charge on any atom is 0.418 e. The number of nitrogens with zero attached hydrogens (tertiary/aromatic N) is 1. The maximum absolute atomic E-state index is 13.1. The van der Waals surface area contributed by atoms with Gasteiger partial charge in [0.2, 0.25) is 5.91 Å². The van der Waals surface area contributed by atoms with Crippen LogP contribution in [0.5, 0.6) is 0 Å². The SMILES string of the molecule is CN(C)c1ccc(NC(=O)[C@H]2CCOC2)c(C(F)(F)F)c1. The fourth-order valence-electron chi connectivity index (χ4n) is 2.13. The predicted molar refractivity (Wildman–Crippen MR) is 73.3 cm³/mol. The minimum atomic E-state index is -4.53. The fourth-order valence-corrected chi connectivity index (χ4v) is 2.13. The largest absolute Gasteiger partial charge is 0.418 e. The van der Waals surface area contributed by atoms with E-state index in [1.807, 2.05) is 0 Å². The molecule has 1 aromatic carbocycles. The van der Waals surface area contributed by atoms with Gasteiger partial charge in [0.25, 0.3) is 0 Å². The molecule has 1 atom stereocenters. The third-order valence-electron chi connectivity index (χ3n) is 3.38. The van der Waals surface area contributed by atoms with Gasteiger partial charge in [-0.25, -0.2) is 0 Å². The number of nitrogens with one attached hydrogen (secondary N) is 1. The lowest BCUT2D eigenvalue weighted by molar-refractivity contribution is -0.137. The molecule has 2 rings (SSSR count). The minimum absolute atomic E-state index is 0.218. The summed E-state index contributed by atoms with van der Waals surface area (Å²) in [4.78, 5) is 13.5. The normalized spacial score (nSPS) is 18.6. The average molecular weight is 302 g/mol. The molecule has 0 bridgehead atoms. The highest BCUT2D eigenvalue weighted by Gasteiger charge is 2.35. The number of benzene rings is 1. The van der Waals surface area contributed by atoms with E-state index in [-0.39, 0.29) is 18.2 Å². The molecule has 0 radical (unpaired) electrons. The molecule has 21 heavy (non-hydrogen) atoms. The Morgan fingerprint density at radius 3 is 2.62 bits per heavy atom. The van der Waals surface area contributed by atoms with E-state index in [1.54, 1.807) is 19.0 Å². The van der Waals surface area contributed by atoms with Crippen molar-refractivity contribution in [2.45, 2.75) is 12.6 Å². The van der Waals surface area contributed by atoms with E-state index in [1.165, 1.54) is 12.1 Å². The highest BCUT2D eigenvalue weighted by Crippen LogP contribution is 2.37. The first kappa shape index (κ1) is 15.6. The Bertz CT molecular complexity index is 523. The fraction of sp³-hybridized carbons (Fsp3) is 0.500. The number of hydrogen-bond acceptors (Lipinski definition) is 3. The first-order valence-corrected chi connectivity index (χ1v) is 6.56. The van der Waals surface area contributed by atoms with Crippen LogP contribution < -0.4 is 10.2 Å². The topological polar surface area (TPSA) is 41.6 Å². The second kappa shape index (κ2) is 5.93. The molecule has 116 valence electrons. The monoisotopic (exact) mass is 302 g/mol. The van der Waals surface area contributed by atoms with Gasteiger partial charge in [-0.1, -0.05) is 0 Å². The van der Waals surface area contributed by atoms with Gasteiger partial charge in [0, 0.05) is 26.4 Å². The maximum atomic E-state index is 13.1. The van der Waals surface area contributed by atoms with Crippen molar-refractivity contribution in [3.05, 3.63) is 23.8 Å². The molecule has 1 aromatic rings. The zero-order valence-corrected chi connectivity index (χ0v) is 11.8. The summed E-state index contributed by atoms with van der Waals surface area (Å²) in [6.07, 6.45) is -4.00. The van der Waals surface area contributed by atoms with Gasteiger partial charge in [0.1, 0.15) is 0 Å². The van der Waals surface area contributed by atoms with Crippen LogP contribution in [0.25, 0.3) is 0 Å². The first-order chi connectivity index (χ1) is 9.79. The second-order valence-corrected chi connectivity index (χ2v) is 5.17. The van der Waals surface area contributed by atoms with Gasteiger partial charge in [0.05, 0.1) is 23.8 Å². The Balaban J connectivity index is 2.27. The van der Waals surface area contributed by atoms with Crippen LogP contribution in [0, 0.1) is 5.92 Å². The van der Waals surface area contributed by atoms with Crippen LogP contribution in [-0.2, 0) is 15.7 Å². The second-order valence-electron chi connectivity index (χ2n) is 5.17. The van der Waals surface area contributed by atoms with Crippen LogP contribution >= 0.6 is 0 Å². The van der Waals surface area contributed by atoms with E-state index < -0.39 is 17.6 Å². The van der Waals surface area contributed by atoms with E-state index in [2.05, 4.69) is 5.32 Å². The van der Waals surface area contributed by atoms with E-state index in [0.29, 0.717) is 18.7 Å². The third kappa shape index (κ3) is 3.66. The number of hydrogen-bond donors (Lipinski definition) is 1. The Morgan fingerprint density at radius 1 is 1.38 bits per heavy atom. The van der Waals surface area contributed by atoms with Gasteiger partial charge in [0.15, 0.2) is 0 Å². The average Bonchev–Trinajstić information content (AvgIpc) is 2.91. The summed E-state index contributed by atoms with van der Waals surface area (Å²) in [6, 6.07) is 3.85. The highest BCUT2D eigenvalue weighted by molar-refractivity contribution is 5.93. The lowest BCUT2D eigenvalue weighted by Gasteiger charge is -2.19. The molecule has 1 heterocycles. The summed E-state index contributed by atoms with van der Waals surface area (Å²) in [5.74, 6) is -0.824. The molecule has 0 spiro atoms. The molecule has 1 fully saturated rings. The molecule has 1 aliphatic heterocycles. The van der Waals surface area contributed by atoms with Crippen LogP contribution in [0.15, 0.2) is 18.2 Å². The quantitative estimate of drug-likeness (QED) is 0.933. The summed E-state index contributed by atoms with van der Waals surface area (Å²) in [5.41, 5.74) is -0.643. The number of anilines is 2. The molecule has 1 saturated heterocycles. The van der Waals surface area contributed by atoms with Gasteiger partial charge in [-0.2, -0.15) is 13.2 Å². The van der Waals surface area contributed by atoms with Gasteiger partial charge in [-0.05, 0) is 24.6 Å². The summed E-state index contributed by atoms with van der Waals surface area (Å²) in [6.45, 7) is 0.715. The lowest BCUT2D eigenvalue weighted by Crippen LogP contribution is -2.24. The first-order valence-electron chi connectivity index (χ1n) is 6.56. The number of rotatable bonds is 3. The van der Waals surface area contributed by atoms with Gasteiger partial charge in [-0.15, -0.1) is 0 Å². The molecule has 0 aromatic heterocycles. The third-order valence-corrected chi connectivity index (χ3v) is 3.38. The smallest absolute Gasteiger partial charge is 0.381 e. The number of alkyl halides is 3. The van der Waals surface area contributed by atoms with E-state index in [0.717, 1.165) is 6.07 Å². The molecule has 0 unspecified atom stereocenters. The molecule has 0 saturated carbocycles. The summed E-state index contributed by atoms with van der Waals surface area (Å²) < 4.78 is 44.4. The molecule has 1 aliphatic rings. The van der Waals surface area contributed by atoms with Crippen LogP contribution in [0.1, 0.15) is 12.0 Å². The van der Waals surface area contributed by atoms with E-state index >= 15 is 0 Å². The Hall–Kier alpha value is -1.76. The number of ether oxygens (including phenoxy) is 1. The lowest BCUT2D eigenvalue weighted by atomic mass is 10.1. The van der Waals surface area contributed by atoms with Crippen molar-refractivity contribution >= 4 is 17.3 Å². The van der Waals surface area contributed by atoms with Crippen LogP contribution in [-0.4, -0.2) is 33.2 Å². The summed E-state index contributed by atoms with van der Waals surface area (Å²) in [7, 11) is 3.31. The van der Waals surface area contributed by atoms with Gasteiger partial charge in [-0.3, -0.25) is 4.79 Å². The number of carbonyl (C=O) groups excluding carboxylic acids is 1. The predicted octanol–water partition coefficient (Wildman–Crippen LogP) is 2.75. The van der Waals surface area contributed by atoms with Crippen molar-refractivity contribution in [1.82, 2.24) is 0 Å². The van der Waals surface area contributed by atoms with Gasteiger partial charge < -0.3 is 15.0 Å². The molecule has 1 N–H and O–H groups in total. The van der Waals surface area contributed by atoms with E-state index in [9.17, 15) is 18.0 Å². The van der Waals surface area contributed by atoms with Crippen LogP contribution in [0.2, 0.25) is 0 Å². The standard InChI is InChI=1S/C14H17F3N2O2/c1-19(2)10-3-4-12(11(7-10)14(15,16)17)18-13(20)9-5-6-21-8-9/h3-4,7,9H,5-6,8H2,1-2H3,(H,18,20)/t9-/m0/s1. The van der Waals surface area contributed by atoms with Crippen molar-refractivity contribution < 1.29 is 22.7 Å². The van der Waals surface area contributed by atoms with Crippen molar-refractivity contribution in [2.75, 3.05) is 37.5 Å². The van der Waals surface area contributed by atoms with Crippen molar-refractivity contribution in [3.8, 4) is 0 Å². The van der Waals surface area contributed by atoms with Crippen molar-refractivity contribution in [2.24, 2.45) is 5.92 Å². The molecular weight excluding hydrogens is 285 g/mol. The zero-order chi connectivity index (χ0) is 15.6. The highest BCUT2D eigenvalue weighted by atomic mass is 19.4. The molecule has 1 amide bonds.